The van der Waals surface area contributed by atoms with Gasteiger partial charge in [-0.05, 0) is 48.1 Å². The summed E-state index contributed by atoms with van der Waals surface area (Å²) in [7, 11) is 4.10. The van der Waals surface area contributed by atoms with Gasteiger partial charge in [0.25, 0.3) is 0 Å². The number of fused-ring (bicyclic) bond motifs is 1. The van der Waals surface area contributed by atoms with Gasteiger partial charge in [0.15, 0.2) is 0 Å². The minimum atomic E-state index is 0.153. The van der Waals surface area contributed by atoms with Crippen LogP contribution in [0.25, 0.3) is 0 Å². The Hall–Kier alpha value is 0.1000. The number of ether oxygens (including phenoxy) is 1. The fourth-order valence-electron chi connectivity index (χ4n) is 1.55. The summed E-state index contributed by atoms with van der Waals surface area (Å²) in [4.78, 5) is 3.46. The quantitative estimate of drug-likeness (QED) is 0.771. The normalized spacial score (nSPS) is 22.0. The summed E-state index contributed by atoms with van der Waals surface area (Å²) in [6.07, 6.45) is 1.20. The molecular formula is C9H12BrNOS. The van der Waals surface area contributed by atoms with Crippen LogP contribution in [-0.4, -0.2) is 25.6 Å². The summed E-state index contributed by atoms with van der Waals surface area (Å²) in [5.74, 6) is 0. The van der Waals surface area contributed by atoms with Gasteiger partial charge in [-0.1, -0.05) is 0 Å². The third kappa shape index (κ3) is 1.81. The first-order valence-corrected chi connectivity index (χ1v) is 5.85. The fraction of sp³-hybridized carbons (Fsp3) is 0.556. The van der Waals surface area contributed by atoms with Crippen LogP contribution < -0.4 is 0 Å². The number of rotatable bonds is 1. The van der Waals surface area contributed by atoms with Crippen molar-refractivity contribution in [1.29, 1.82) is 0 Å². The van der Waals surface area contributed by atoms with E-state index in [1.807, 2.05) is 14.1 Å². The second-order valence-electron chi connectivity index (χ2n) is 3.38. The van der Waals surface area contributed by atoms with Crippen molar-refractivity contribution in [1.82, 2.24) is 4.90 Å². The molecule has 1 aromatic heterocycles. The summed E-state index contributed by atoms with van der Waals surface area (Å²) in [6, 6.07) is 2.21. The van der Waals surface area contributed by atoms with Gasteiger partial charge in [-0.2, -0.15) is 0 Å². The lowest BCUT2D eigenvalue weighted by molar-refractivity contribution is -0.0441. The summed E-state index contributed by atoms with van der Waals surface area (Å²) in [5.41, 5.74) is 1.43. The molecule has 1 atom stereocenters. The Balaban J connectivity index is 2.36. The van der Waals surface area contributed by atoms with Crippen LogP contribution in [0.4, 0.5) is 0 Å². The second-order valence-corrected chi connectivity index (χ2v) is 5.84. The lowest BCUT2D eigenvalue weighted by atomic mass is 10.1. The molecular weight excluding hydrogens is 250 g/mol. The van der Waals surface area contributed by atoms with Crippen molar-refractivity contribution in [2.75, 3.05) is 20.7 Å². The molecule has 0 aliphatic carbocycles. The Kier molecular flexibility index (Phi) is 2.74. The van der Waals surface area contributed by atoms with Crippen molar-refractivity contribution < 1.29 is 4.74 Å². The third-order valence-electron chi connectivity index (χ3n) is 2.15. The number of nitrogens with zero attached hydrogens (tertiary/aromatic N) is 1. The van der Waals surface area contributed by atoms with Crippen molar-refractivity contribution in [3.05, 3.63) is 20.3 Å². The van der Waals surface area contributed by atoms with Crippen molar-refractivity contribution in [3.8, 4) is 0 Å². The summed E-state index contributed by atoms with van der Waals surface area (Å²) in [6.45, 7) is 0.832. The van der Waals surface area contributed by atoms with Crippen molar-refractivity contribution >= 4 is 27.3 Å². The summed E-state index contributed by atoms with van der Waals surface area (Å²) in [5, 5.41) is 0. The van der Waals surface area contributed by atoms with Gasteiger partial charge in [0.2, 0.25) is 0 Å². The molecule has 0 N–H and O–H groups in total. The van der Waals surface area contributed by atoms with Crippen LogP contribution in [0.1, 0.15) is 16.7 Å². The van der Waals surface area contributed by atoms with Gasteiger partial charge in [0, 0.05) is 0 Å². The highest BCUT2D eigenvalue weighted by Crippen LogP contribution is 2.37. The molecule has 1 aliphatic heterocycles. The molecule has 0 saturated carbocycles. The van der Waals surface area contributed by atoms with Crippen LogP contribution in [-0.2, 0) is 11.2 Å². The summed E-state index contributed by atoms with van der Waals surface area (Å²) < 4.78 is 6.90. The first-order chi connectivity index (χ1) is 6.18. The summed E-state index contributed by atoms with van der Waals surface area (Å²) >= 11 is 5.29. The minimum Gasteiger partial charge on any atom is -0.358 e. The van der Waals surface area contributed by atoms with E-state index in [-0.39, 0.29) is 6.23 Å². The standard InChI is InChI=1S/C9H12BrNOS/c1-11(2)9-8-6(3-4-12-9)5-7(10)13-8/h5,9H,3-4H2,1-2H3. The highest BCUT2D eigenvalue weighted by Gasteiger charge is 2.24. The SMILES string of the molecule is CN(C)C1OCCc2cc(Br)sc21. The van der Waals surface area contributed by atoms with Gasteiger partial charge in [-0.15, -0.1) is 11.3 Å². The van der Waals surface area contributed by atoms with E-state index >= 15 is 0 Å². The maximum atomic E-state index is 5.69. The van der Waals surface area contributed by atoms with Crippen LogP contribution in [0, 0.1) is 0 Å². The smallest absolute Gasteiger partial charge is 0.145 e. The van der Waals surface area contributed by atoms with Crippen molar-refractivity contribution in [3.63, 3.8) is 0 Å². The van der Waals surface area contributed by atoms with Gasteiger partial charge in [-0.3, -0.25) is 4.90 Å². The van der Waals surface area contributed by atoms with E-state index in [9.17, 15) is 0 Å². The molecule has 1 unspecified atom stereocenters. The van der Waals surface area contributed by atoms with E-state index < -0.39 is 0 Å². The number of thiophene rings is 1. The predicted octanol–water partition coefficient (Wildman–Crippen LogP) is 2.64. The van der Waals surface area contributed by atoms with Gasteiger partial charge < -0.3 is 4.74 Å². The molecule has 2 nitrogen and oxygen atoms in total. The lowest BCUT2D eigenvalue weighted by Gasteiger charge is -2.28. The lowest BCUT2D eigenvalue weighted by Crippen LogP contribution is -2.26. The second kappa shape index (κ2) is 3.69. The molecule has 72 valence electrons. The molecule has 0 amide bonds. The molecule has 2 rings (SSSR count). The van der Waals surface area contributed by atoms with Crippen LogP contribution >= 0.6 is 27.3 Å². The Morgan fingerprint density at radius 3 is 3.08 bits per heavy atom. The van der Waals surface area contributed by atoms with E-state index in [2.05, 4.69) is 26.9 Å². The van der Waals surface area contributed by atoms with Crippen LogP contribution in [0.15, 0.2) is 9.85 Å². The van der Waals surface area contributed by atoms with Crippen molar-refractivity contribution in [2.24, 2.45) is 0 Å². The zero-order chi connectivity index (χ0) is 9.42. The van der Waals surface area contributed by atoms with Crippen LogP contribution in [0.2, 0.25) is 0 Å². The van der Waals surface area contributed by atoms with E-state index in [0.717, 1.165) is 13.0 Å². The zero-order valence-corrected chi connectivity index (χ0v) is 10.1. The Morgan fingerprint density at radius 1 is 1.62 bits per heavy atom. The molecule has 0 radical (unpaired) electrons. The fourth-order valence-corrected chi connectivity index (χ4v) is 3.43. The molecule has 0 bridgehead atoms. The number of hydrogen-bond acceptors (Lipinski definition) is 3. The van der Waals surface area contributed by atoms with Crippen LogP contribution in [0.5, 0.6) is 0 Å². The van der Waals surface area contributed by atoms with E-state index in [1.54, 1.807) is 11.3 Å². The van der Waals surface area contributed by atoms with Gasteiger partial charge in [0.05, 0.1) is 15.3 Å². The molecule has 0 aromatic carbocycles. The molecule has 0 fully saturated rings. The third-order valence-corrected chi connectivity index (χ3v) is 3.86. The molecule has 1 aliphatic rings. The molecule has 0 spiro atoms. The Labute approximate surface area is 90.6 Å². The molecule has 0 saturated heterocycles. The Bertz CT molecular complexity index is 311. The van der Waals surface area contributed by atoms with E-state index in [4.69, 9.17) is 4.74 Å². The minimum absolute atomic E-state index is 0.153. The number of halogens is 1. The van der Waals surface area contributed by atoms with Gasteiger partial charge in [0.1, 0.15) is 6.23 Å². The van der Waals surface area contributed by atoms with Gasteiger partial charge >= 0.3 is 0 Å². The first kappa shape index (κ1) is 9.65. The molecule has 1 aromatic rings. The topological polar surface area (TPSA) is 12.5 Å². The van der Waals surface area contributed by atoms with Gasteiger partial charge in [-0.25, -0.2) is 0 Å². The zero-order valence-electron chi connectivity index (χ0n) is 7.71. The van der Waals surface area contributed by atoms with E-state index in [1.165, 1.54) is 14.2 Å². The monoisotopic (exact) mass is 261 g/mol. The first-order valence-electron chi connectivity index (χ1n) is 4.24. The largest absolute Gasteiger partial charge is 0.358 e. The highest BCUT2D eigenvalue weighted by atomic mass is 79.9. The Morgan fingerprint density at radius 2 is 2.38 bits per heavy atom. The van der Waals surface area contributed by atoms with E-state index in [0.29, 0.717) is 0 Å². The average Bonchev–Trinajstić information content (AvgIpc) is 2.43. The van der Waals surface area contributed by atoms with Crippen LogP contribution in [0.3, 0.4) is 0 Å². The maximum absolute atomic E-state index is 5.69. The molecule has 2 heterocycles. The molecule has 4 heteroatoms. The average molecular weight is 262 g/mol. The number of hydrogen-bond donors (Lipinski definition) is 0. The van der Waals surface area contributed by atoms with Crippen molar-refractivity contribution in [2.45, 2.75) is 12.6 Å². The highest BCUT2D eigenvalue weighted by molar-refractivity contribution is 9.11. The molecule has 13 heavy (non-hydrogen) atoms. The predicted molar refractivity (Wildman–Crippen MR) is 58.1 cm³/mol. The maximum Gasteiger partial charge on any atom is 0.145 e.